The summed E-state index contributed by atoms with van der Waals surface area (Å²) in [4.78, 5) is 12.1. The molecule has 0 spiro atoms. The van der Waals surface area contributed by atoms with Gasteiger partial charge in [-0.05, 0) is 48.2 Å². The van der Waals surface area contributed by atoms with Crippen LogP contribution in [0, 0.1) is 0 Å². The van der Waals surface area contributed by atoms with E-state index >= 15 is 0 Å². The molecular weight excluding hydrogens is 360 g/mol. The van der Waals surface area contributed by atoms with E-state index in [4.69, 9.17) is 9.47 Å². The van der Waals surface area contributed by atoms with Crippen molar-refractivity contribution in [1.29, 1.82) is 0 Å². The molecule has 3 rings (SSSR count). The molecule has 0 unspecified atom stereocenters. The van der Waals surface area contributed by atoms with E-state index < -0.39 is 0 Å². The van der Waals surface area contributed by atoms with Crippen LogP contribution < -0.4 is 4.74 Å². The molecule has 3 heteroatoms. The van der Waals surface area contributed by atoms with Gasteiger partial charge in [0, 0.05) is 5.56 Å². The van der Waals surface area contributed by atoms with Crippen LogP contribution in [0.3, 0.4) is 0 Å². The average molecular weight is 389 g/mol. The number of benzene rings is 3. The van der Waals surface area contributed by atoms with Gasteiger partial charge in [-0.2, -0.15) is 0 Å². The first-order valence-electron chi connectivity index (χ1n) is 10.3. The maximum Gasteiger partial charge on any atom is 0.338 e. The van der Waals surface area contributed by atoms with E-state index in [0.717, 1.165) is 36.1 Å². The zero-order valence-corrected chi connectivity index (χ0v) is 17.2. The van der Waals surface area contributed by atoms with Gasteiger partial charge in [-0.3, -0.25) is 0 Å². The van der Waals surface area contributed by atoms with Crippen LogP contribution >= 0.6 is 0 Å². The second-order valence-electron chi connectivity index (χ2n) is 6.93. The Labute approximate surface area is 173 Å². The number of rotatable bonds is 9. The molecule has 0 radical (unpaired) electrons. The zero-order valence-electron chi connectivity index (χ0n) is 17.2. The Morgan fingerprint density at radius 1 is 0.793 bits per heavy atom. The van der Waals surface area contributed by atoms with Crippen molar-refractivity contribution in [3.8, 4) is 28.0 Å². The van der Waals surface area contributed by atoms with Gasteiger partial charge in [0.15, 0.2) is 0 Å². The topological polar surface area (TPSA) is 35.5 Å². The van der Waals surface area contributed by atoms with Crippen LogP contribution in [-0.4, -0.2) is 19.2 Å². The van der Waals surface area contributed by atoms with Gasteiger partial charge in [-0.15, -0.1) is 0 Å². The normalized spacial score (nSPS) is 10.6. The molecule has 0 aliphatic rings. The third kappa shape index (κ3) is 5.47. The third-order valence-electron chi connectivity index (χ3n) is 4.80. The number of hydrogen-bond acceptors (Lipinski definition) is 3. The van der Waals surface area contributed by atoms with Crippen molar-refractivity contribution >= 4 is 5.97 Å². The van der Waals surface area contributed by atoms with E-state index in [1.54, 1.807) is 12.1 Å². The Morgan fingerprint density at radius 2 is 1.48 bits per heavy atom. The van der Waals surface area contributed by atoms with E-state index in [1.807, 2.05) is 31.2 Å². The van der Waals surface area contributed by atoms with Crippen molar-refractivity contribution in [3.05, 3.63) is 78.4 Å². The highest BCUT2D eigenvalue weighted by Crippen LogP contribution is 2.33. The van der Waals surface area contributed by atoms with Crippen molar-refractivity contribution in [3.63, 3.8) is 0 Å². The molecule has 0 amide bonds. The summed E-state index contributed by atoms with van der Waals surface area (Å²) in [5.74, 6) is 0.399. The maximum atomic E-state index is 12.1. The fourth-order valence-electron chi connectivity index (χ4n) is 3.23. The summed E-state index contributed by atoms with van der Waals surface area (Å²) in [6, 6.07) is 24.3. The maximum absolute atomic E-state index is 12.1. The molecule has 3 aromatic carbocycles. The monoisotopic (exact) mass is 388 g/mol. The largest absolute Gasteiger partial charge is 0.493 e. The van der Waals surface area contributed by atoms with Crippen LogP contribution in [0.2, 0.25) is 0 Å². The number of unbranched alkanes of at least 4 members (excludes halogenated alkanes) is 2. The first-order chi connectivity index (χ1) is 14.2. The smallest absolute Gasteiger partial charge is 0.338 e. The molecule has 0 bridgehead atoms. The Morgan fingerprint density at radius 3 is 2.17 bits per heavy atom. The lowest BCUT2D eigenvalue weighted by Gasteiger charge is -2.14. The van der Waals surface area contributed by atoms with Crippen LogP contribution in [0.15, 0.2) is 72.8 Å². The van der Waals surface area contributed by atoms with Crippen LogP contribution in [-0.2, 0) is 4.74 Å². The molecular formula is C26H28O3. The second-order valence-corrected chi connectivity index (χ2v) is 6.93. The van der Waals surface area contributed by atoms with E-state index in [-0.39, 0.29) is 5.97 Å². The number of carbonyl (C=O) groups excluding carboxylic acids is 1. The number of esters is 1. The van der Waals surface area contributed by atoms with Gasteiger partial charge >= 0.3 is 5.97 Å². The zero-order chi connectivity index (χ0) is 20.5. The molecule has 29 heavy (non-hydrogen) atoms. The Hall–Kier alpha value is -3.07. The van der Waals surface area contributed by atoms with Crippen LogP contribution in [0.25, 0.3) is 22.3 Å². The molecule has 0 fully saturated rings. The first-order valence-corrected chi connectivity index (χ1v) is 10.3. The average Bonchev–Trinajstić information content (AvgIpc) is 2.77. The Bertz CT molecular complexity index is 914. The molecule has 0 aliphatic heterocycles. The molecule has 0 saturated carbocycles. The standard InChI is InChI=1S/C26H28O3/c1-3-5-9-18-29-25-19-23(26(27)28-4-2)16-17-24(25)22-14-12-21(13-15-22)20-10-7-6-8-11-20/h6-8,10-17,19H,3-5,9,18H2,1-2H3. The molecule has 3 aromatic rings. The van der Waals surface area contributed by atoms with E-state index in [2.05, 4.69) is 43.3 Å². The summed E-state index contributed by atoms with van der Waals surface area (Å²) >= 11 is 0. The fraction of sp³-hybridized carbons (Fsp3) is 0.269. The van der Waals surface area contributed by atoms with Crippen LogP contribution in [0.4, 0.5) is 0 Å². The van der Waals surface area contributed by atoms with Crippen LogP contribution in [0.1, 0.15) is 43.5 Å². The van der Waals surface area contributed by atoms with Crippen molar-refractivity contribution in [1.82, 2.24) is 0 Å². The van der Waals surface area contributed by atoms with Crippen molar-refractivity contribution in [2.45, 2.75) is 33.1 Å². The molecule has 0 heterocycles. The Kier molecular flexibility index (Phi) is 7.46. The molecule has 0 aliphatic carbocycles. The lowest BCUT2D eigenvalue weighted by Crippen LogP contribution is -2.06. The quantitative estimate of drug-likeness (QED) is 0.300. The van der Waals surface area contributed by atoms with E-state index in [1.165, 1.54) is 11.1 Å². The van der Waals surface area contributed by atoms with Gasteiger partial charge in [-0.25, -0.2) is 4.79 Å². The lowest BCUT2D eigenvalue weighted by molar-refractivity contribution is 0.0526. The summed E-state index contributed by atoms with van der Waals surface area (Å²) in [6.07, 6.45) is 3.26. The molecule has 0 aromatic heterocycles. The minimum absolute atomic E-state index is 0.322. The summed E-state index contributed by atoms with van der Waals surface area (Å²) in [5, 5.41) is 0. The highest BCUT2D eigenvalue weighted by molar-refractivity contribution is 5.91. The number of carbonyl (C=O) groups is 1. The number of ether oxygens (including phenoxy) is 2. The van der Waals surface area contributed by atoms with Crippen molar-refractivity contribution in [2.24, 2.45) is 0 Å². The highest BCUT2D eigenvalue weighted by atomic mass is 16.5. The summed E-state index contributed by atoms with van der Waals surface area (Å²) in [5.41, 5.74) is 4.91. The van der Waals surface area contributed by atoms with E-state index in [9.17, 15) is 4.79 Å². The molecule has 0 saturated heterocycles. The summed E-state index contributed by atoms with van der Waals surface area (Å²) < 4.78 is 11.2. The predicted molar refractivity (Wildman–Crippen MR) is 118 cm³/mol. The van der Waals surface area contributed by atoms with Gasteiger partial charge in [0.25, 0.3) is 0 Å². The molecule has 0 N–H and O–H groups in total. The SMILES string of the molecule is CCCCCOc1cc(C(=O)OCC)ccc1-c1ccc(-c2ccccc2)cc1. The predicted octanol–water partition coefficient (Wildman–Crippen LogP) is 6.77. The fourth-order valence-corrected chi connectivity index (χ4v) is 3.23. The minimum atomic E-state index is -0.322. The first kappa shape index (κ1) is 20.7. The Balaban J connectivity index is 1.88. The molecule has 3 nitrogen and oxygen atoms in total. The summed E-state index contributed by atoms with van der Waals surface area (Å²) in [6.45, 7) is 4.97. The van der Waals surface area contributed by atoms with Gasteiger partial charge in [-0.1, -0.05) is 74.4 Å². The summed E-state index contributed by atoms with van der Waals surface area (Å²) in [7, 11) is 0. The van der Waals surface area contributed by atoms with Gasteiger partial charge < -0.3 is 9.47 Å². The third-order valence-corrected chi connectivity index (χ3v) is 4.80. The van der Waals surface area contributed by atoms with E-state index in [0.29, 0.717) is 18.8 Å². The van der Waals surface area contributed by atoms with Gasteiger partial charge in [0.05, 0.1) is 18.8 Å². The minimum Gasteiger partial charge on any atom is -0.493 e. The molecule has 0 atom stereocenters. The van der Waals surface area contributed by atoms with Crippen molar-refractivity contribution in [2.75, 3.05) is 13.2 Å². The lowest BCUT2D eigenvalue weighted by atomic mass is 9.99. The molecule has 150 valence electrons. The van der Waals surface area contributed by atoms with Gasteiger partial charge in [0.2, 0.25) is 0 Å². The van der Waals surface area contributed by atoms with Crippen LogP contribution in [0.5, 0.6) is 5.75 Å². The van der Waals surface area contributed by atoms with Gasteiger partial charge in [0.1, 0.15) is 5.75 Å². The highest BCUT2D eigenvalue weighted by Gasteiger charge is 2.13. The number of hydrogen-bond donors (Lipinski definition) is 0. The van der Waals surface area contributed by atoms with Crippen molar-refractivity contribution < 1.29 is 14.3 Å². The second kappa shape index (κ2) is 10.5.